The molecule has 1 aliphatic heterocycles. The highest BCUT2D eigenvalue weighted by Gasteiger charge is 2.32. The lowest BCUT2D eigenvalue weighted by atomic mass is 9.74. The van der Waals surface area contributed by atoms with Crippen molar-refractivity contribution in [3.05, 3.63) is 0 Å². The van der Waals surface area contributed by atoms with Gasteiger partial charge in [0, 0.05) is 13.2 Å². The van der Waals surface area contributed by atoms with E-state index < -0.39 is 0 Å². The average Bonchev–Trinajstić information content (AvgIpc) is 2.70. The van der Waals surface area contributed by atoms with Gasteiger partial charge in [-0.2, -0.15) is 0 Å². The molecular formula is C14H29NO. The van der Waals surface area contributed by atoms with Gasteiger partial charge in [0.15, 0.2) is 0 Å². The van der Waals surface area contributed by atoms with Crippen molar-refractivity contribution in [1.29, 1.82) is 0 Å². The summed E-state index contributed by atoms with van der Waals surface area (Å²) in [5.41, 5.74) is 0.379. The van der Waals surface area contributed by atoms with E-state index in [1.165, 1.54) is 25.7 Å². The Morgan fingerprint density at radius 2 is 2.19 bits per heavy atom. The van der Waals surface area contributed by atoms with Crippen molar-refractivity contribution >= 4 is 0 Å². The summed E-state index contributed by atoms with van der Waals surface area (Å²) in [5, 5.41) is 3.58. The molecule has 1 aliphatic rings. The summed E-state index contributed by atoms with van der Waals surface area (Å²) in [6.07, 6.45) is 5.45. The molecule has 0 saturated carbocycles. The largest absolute Gasteiger partial charge is 0.378 e. The standard InChI is InChI=1S/C14H29NO/c1-5-8-15-11-14(4,12(2)3)10-13-7-6-9-16-13/h12-13,15H,5-11H2,1-4H3. The fourth-order valence-electron chi connectivity index (χ4n) is 2.39. The third-order valence-corrected chi connectivity index (χ3v) is 4.07. The number of nitrogens with one attached hydrogen (secondary N) is 1. The van der Waals surface area contributed by atoms with Crippen LogP contribution < -0.4 is 5.32 Å². The van der Waals surface area contributed by atoms with Crippen molar-refractivity contribution < 1.29 is 4.74 Å². The second-order valence-corrected chi connectivity index (χ2v) is 5.82. The van der Waals surface area contributed by atoms with Crippen molar-refractivity contribution in [3.63, 3.8) is 0 Å². The van der Waals surface area contributed by atoms with Gasteiger partial charge in [-0.3, -0.25) is 0 Å². The van der Waals surface area contributed by atoms with Gasteiger partial charge in [-0.15, -0.1) is 0 Å². The van der Waals surface area contributed by atoms with E-state index in [2.05, 4.69) is 33.0 Å². The minimum Gasteiger partial charge on any atom is -0.378 e. The Hall–Kier alpha value is -0.0800. The van der Waals surface area contributed by atoms with Gasteiger partial charge in [-0.25, -0.2) is 0 Å². The summed E-state index contributed by atoms with van der Waals surface area (Å²) in [6, 6.07) is 0. The average molecular weight is 227 g/mol. The smallest absolute Gasteiger partial charge is 0.0581 e. The van der Waals surface area contributed by atoms with Crippen LogP contribution in [0.4, 0.5) is 0 Å². The molecule has 2 heteroatoms. The second kappa shape index (κ2) is 6.61. The molecule has 0 aromatic rings. The molecule has 1 heterocycles. The van der Waals surface area contributed by atoms with E-state index in [1.807, 2.05) is 0 Å². The van der Waals surface area contributed by atoms with Crippen LogP contribution in [0.5, 0.6) is 0 Å². The van der Waals surface area contributed by atoms with Crippen molar-refractivity contribution in [1.82, 2.24) is 5.32 Å². The lowest BCUT2D eigenvalue weighted by molar-refractivity contribution is 0.0481. The lowest BCUT2D eigenvalue weighted by Gasteiger charge is -2.36. The fourth-order valence-corrected chi connectivity index (χ4v) is 2.39. The predicted molar refractivity (Wildman–Crippen MR) is 69.7 cm³/mol. The van der Waals surface area contributed by atoms with Crippen molar-refractivity contribution in [2.45, 2.75) is 59.5 Å². The van der Waals surface area contributed by atoms with Crippen LogP contribution in [-0.4, -0.2) is 25.8 Å². The van der Waals surface area contributed by atoms with E-state index >= 15 is 0 Å². The zero-order chi connectivity index (χ0) is 12.0. The van der Waals surface area contributed by atoms with E-state index in [-0.39, 0.29) is 0 Å². The minimum absolute atomic E-state index is 0.379. The van der Waals surface area contributed by atoms with Gasteiger partial charge in [0.25, 0.3) is 0 Å². The molecule has 16 heavy (non-hydrogen) atoms. The van der Waals surface area contributed by atoms with Gasteiger partial charge in [0.1, 0.15) is 0 Å². The van der Waals surface area contributed by atoms with Crippen molar-refractivity contribution in [2.24, 2.45) is 11.3 Å². The molecule has 0 aromatic carbocycles. The van der Waals surface area contributed by atoms with Gasteiger partial charge < -0.3 is 10.1 Å². The first kappa shape index (κ1) is 14.0. The SMILES string of the molecule is CCCNCC(C)(CC1CCCO1)C(C)C. The predicted octanol–water partition coefficient (Wildman–Crippen LogP) is 3.22. The number of hydrogen-bond donors (Lipinski definition) is 1. The summed E-state index contributed by atoms with van der Waals surface area (Å²) in [7, 11) is 0. The van der Waals surface area contributed by atoms with Crippen molar-refractivity contribution in [2.75, 3.05) is 19.7 Å². The van der Waals surface area contributed by atoms with Crippen LogP contribution in [0.1, 0.15) is 53.4 Å². The maximum atomic E-state index is 5.78. The summed E-state index contributed by atoms with van der Waals surface area (Å²) in [5.74, 6) is 0.709. The number of ether oxygens (including phenoxy) is 1. The highest BCUT2D eigenvalue weighted by atomic mass is 16.5. The quantitative estimate of drug-likeness (QED) is 0.674. The topological polar surface area (TPSA) is 21.3 Å². The monoisotopic (exact) mass is 227 g/mol. The van der Waals surface area contributed by atoms with Gasteiger partial charge in [-0.05, 0) is 43.6 Å². The molecular weight excluding hydrogens is 198 g/mol. The van der Waals surface area contributed by atoms with E-state index in [0.29, 0.717) is 17.4 Å². The highest BCUT2D eigenvalue weighted by molar-refractivity contribution is 4.84. The number of rotatable bonds is 7. The fraction of sp³-hybridized carbons (Fsp3) is 1.00. The summed E-state index contributed by atoms with van der Waals surface area (Å²) >= 11 is 0. The molecule has 2 atom stereocenters. The van der Waals surface area contributed by atoms with Crippen LogP contribution >= 0.6 is 0 Å². The summed E-state index contributed by atoms with van der Waals surface area (Å²) in [6.45, 7) is 12.5. The molecule has 0 radical (unpaired) electrons. The van der Waals surface area contributed by atoms with Crippen LogP contribution in [0.15, 0.2) is 0 Å². The summed E-state index contributed by atoms with van der Waals surface area (Å²) in [4.78, 5) is 0. The lowest BCUT2D eigenvalue weighted by Crippen LogP contribution is -2.39. The molecule has 1 N–H and O–H groups in total. The Morgan fingerprint density at radius 3 is 2.69 bits per heavy atom. The Balaban J connectivity index is 2.42. The molecule has 96 valence electrons. The van der Waals surface area contributed by atoms with Gasteiger partial charge in [0.05, 0.1) is 6.10 Å². The Labute approximate surface area is 101 Å². The first-order chi connectivity index (χ1) is 7.58. The second-order valence-electron chi connectivity index (χ2n) is 5.82. The first-order valence-electron chi connectivity index (χ1n) is 6.91. The van der Waals surface area contributed by atoms with Crippen LogP contribution in [0.3, 0.4) is 0 Å². The molecule has 0 aliphatic carbocycles. The van der Waals surface area contributed by atoms with Crippen molar-refractivity contribution in [3.8, 4) is 0 Å². The molecule has 1 rings (SSSR count). The third-order valence-electron chi connectivity index (χ3n) is 4.07. The Bertz CT molecular complexity index is 187. The molecule has 0 aromatic heterocycles. The normalized spacial score (nSPS) is 24.9. The van der Waals surface area contributed by atoms with Crippen LogP contribution in [0, 0.1) is 11.3 Å². The van der Waals surface area contributed by atoms with Gasteiger partial charge >= 0.3 is 0 Å². The minimum atomic E-state index is 0.379. The Morgan fingerprint density at radius 1 is 1.44 bits per heavy atom. The van der Waals surface area contributed by atoms with Crippen LogP contribution in [-0.2, 0) is 4.74 Å². The summed E-state index contributed by atoms with van der Waals surface area (Å²) < 4.78 is 5.78. The third kappa shape index (κ3) is 4.06. The Kier molecular flexibility index (Phi) is 5.77. The van der Waals surface area contributed by atoms with Crippen LogP contribution in [0.2, 0.25) is 0 Å². The molecule has 0 spiro atoms. The van der Waals surface area contributed by atoms with Gasteiger partial charge in [0.2, 0.25) is 0 Å². The molecule has 0 amide bonds. The molecule has 2 unspecified atom stereocenters. The molecule has 1 saturated heterocycles. The van der Waals surface area contributed by atoms with E-state index in [0.717, 1.165) is 19.7 Å². The number of hydrogen-bond acceptors (Lipinski definition) is 2. The zero-order valence-electron chi connectivity index (χ0n) is 11.5. The molecule has 0 bridgehead atoms. The molecule has 2 nitrogen and oxygen atoms in total. The highest BCUT2D eigenvalue weighted by Crippen LogP contribution is 2.35. The maximum Gasteiger partial charge on any atom is 0.0581 e. The first-order valence-corrected chi connectivity index (χ1v) is 6.91. The molecule has 1 fully saturated rings. The van der Waals surface area contributed by atoms with E-state index in [4.69, 9.17) is 4.74 Å². The van der Waals surface area contributed by atoms with E-state index in [1.54, 1.807) is 0 Å². The van der Waals surface area contributed by atoms with E-state index in [9.17, 15) is 0 Å². The maximum absolute atomic E-state index is 5.78. The zero-order valence-corrected chi connectivity index (χ0v) is 11.5. The van der Waals surface area contributed by atoms with Gasteiger partial charge in [-0.1, -0.05) is 27.7 Å². The van der Waals surface area contributed by atoms with Crippen LogP contribution in [0.25, 0.3) is 0 Å².